The largest absolute Gasteiger partial charge is 0.329 e. The van der Waals surface area contributed by atoms with E-state index < -0.39 is 0 Å². The van der Waals surface area contributed by atoms with Gasteiger partial charge in [0.25, 0.3) is 0 Å². The molecule has 0 aliphatic carbocycles. The first kappa shape index (κ1) is 15.5. The summed E-state index contributed by atoms with van der Waals surface area (Å²) in [5, 5.41) is 1.68. The Morgan fingerprint density at radius 3 is 2.68 bits per heavy atom. The molecule has 0 spiro atoms. The van der Waals surface area contributed by atoms with Gasteiger partial charge in [-0.2, -0.15) is 0 Å². The molecule has 4 heteroatoms. The normalized spacial score (nSPS) is 9.74. The van der Waals surface area contributed by atoms with Crippen molar-refractivity contribution >= 4 is 22.5 Å². The Kier molecular flexibility index (Phi) is 5.80. The highest BCUT2D eigenvalue weighted by Crippen LogP contribution is 2.22. The van der Waals surface area contributed by atoms with Crippen LogP contribution in [0, 0.1) is 6.92 Å². The van der Waals surface area contributed by atoms with Crippen molar-refractivity contribution in [2.75, 3.05) is 0 Å². The predicted molar refractivity (Wildman–Crippen MR) is 83.0 cm³/mol. The molecule has 0 saturated carbocycles. The number of hydrogen-bond acceptors (Lipinski definition) is 3. The molecule has 19 heavy (non-hydrogen) atoms. The van der Waals surface area contributed by atoms with Gasteiger partial charge in [-0.3, -0.25) is 10.8 Å². The van der Waals surface area contributed by atoms with Crippen LogP contribution in [0.3, 0.4) is 0 Å². The van der Waals surface area contributed by atoms with Crippen LogP contribution in [0.5, 0.6) is 0 Å². The van der Waals surface area contributed by atoms with Gasteiger partial charge in [0.2, 0.25) is 0 Å². The monoisotopic (exact) mass is 277 g/mol. The lowest BCUT2D eigenvalue weighted by Gasteiger charge is -2.08. The average Bonchev–Trinajstić information content (AvgIpc) is 2.40. The summed E-state index contributed by atoms with van der Waals surface area (Å²) in [5.74, 6) is 5.31. The summed E-state index contributed by atoms with van der Waals surface area (Å²) in [6.45, 7) is 9.85. The number of fused-ring (bicyclic) bond motifs is 1. The summed E-state index contributed by atoms with van der Waals surface area (Å²) in [6.07, 6.45) is 2.36. The van der Waals surface area contributed by atoms with Crippen molar-refractivity contribution in [1.29, 1.82) is 0 Å². The van der Waals surface area contributed by atoms with Crippen molar-refractivity contribution in [1.82, 2.24) is 10.4 Å². The van der Waals surface area contributed by atoms with Gasteiger partial charge in [0.15, 0.2) is 0 Å². The molecular weight excluding hydrogens is 258 g/mol. The maximum absolute atomic E-state index is 5.94. The SMILES string of the molecule is C=C(Cc1cc(C)c2ncc(Cl)cc2c1)NN.CC. The van der Waals surface area contributed by atoms with Gasteiger partial charge in [0.1, 0.15) is 0 Å². The molecule has 0 fully saturated rings. The van der Waals surface area contributed by atoms with Gasteiger partial charge in [-0.05, 0) is 30.2 Å². The topological polar surface area (TPSA) is 50.9 Å². The predicted octanol–water partition coefficient (Wildman–Crippen LogP) is 3.74. The molecular formula is C15H20ClN3. The van der Waals surface area contributed by atoms with Crippen LogP contribution in [0.4, 0.5) is 0 Å². The zero-order valence-corrected chi connectivity index (χ0v) is 12.4. The Morgan fingerprint density at radius 2 is 2.05 bits per heavy atom. The summed E-state index contributed by atoms with van der Waals surface area (Å²) < 4.78 is 0. The van der Waals surface area contributed by atoms with Crippen LogP contribution in [0.2, 0.25) is 5.02 Å². The van der Waals surface area contributed by atoms with Crippen molar-refractivity contribution in [2.24, 2.45) is 5.84 Å². The number of nitrogens with zero attached hydrogens (tertiary/aromatic N) is 1. The van der Waals surface area contributed by atoms with E-state index in [1.54, 1.807) is 6.20 Å². The third-order valence-corrected chi connectivity index (χ3v) is 2.83. The zero-order valence-electron chi connectivity index (χ0n) is 11.6. The van der Waals surface area contributed by atoms with Crippen molar-refractivity contribution in [3.63, 3.8) is 0 Å². The molecule has 2 rings (SSSR count). The minimum absolute atomic E-state index is 0.643. The lowest BCUT2D eigenvalue weighted by atomic mass is 10.0. The Balaban J connectivity index is 0.000000861. The third kappa shape index (κ3) is 3.94. The van der Waals surface area contributed by atoms with Gasteiger partial charge in [-0.25, -0.2) is 0 Å². The van der Waals surface area contributed by atoms with Crippen molar-refractivity contribution < 1.29 is 0 Å². The van der Waals surface area contributed by atoms with E-state index in [0.717, 1.165) is 27.7 Å². The fourth-order valence-electron chi connectivity index (χ4n) is 1.88. The molecule has 3 N–H and O–H groups in total. The Hall–Kier alpha value is -1.58. The summed E-state index contributed by atoms with van der Waals surface area (Å²) in [6, 6.07) is 6.06. The number of rotatable bonds is 3. The first-order valence-corrected chi connectivity index (χ1v) is 6.67. The smallest absolute Gasteiger partial charge is 0.0732 e. The number of pyridine rings is 1. The summed E-state index contributed by atoms with van der Waals surface area (Å²) in [7, 11) is 0. The molecule has 0 aliphatic heterocycles. The van der Waals surface area contributed by atoms with Gasteiger partial charge in [-0.15, -0.1) is 0 Å². The Morgan fingerprint density at radius 1 is 1.37 bits per heavy atom. The van der Waals surface area contributed by atoms with E-state index in [2.05, 4.69) is 29.1 Å². The standard InChI is InChI=1S/C13H14ClN3.C2H6/c1-8-3-10(4-9(2)17-15)5-11-6-12(14)7-16-13(8)11;1-2/h3,5-7,17H,2,4,15H2,1H3;1-2H3. The van der Waals surface area contributed by atoms with Gasteiger partial charge < -0.3 is 5.43 Å². The number of allylic oxidation sites excluding steroid dienone is 1. The average molecular weight is 278 g/mol. The number of nitrogens with two attached hydrogens (primary N) is 1. The third-order valence-electron chi connectivity index (χ3n) is 2.62. The second-order valence-electron chi connectivity index (χ2n) is 4.06. The lowest BCUT2D eigenvalue weighted by molar-refractivity contribution is 0.847. The highest BCUT2D eigenvalue weighted by Gasteiger charge is 2.04. The van der Waals surface area contributed by atoms with Gasteiger partial charge in [0.05, 0.1) is 10.5 Å². The Labute approximate surface area is 119 Å². The van der Waals surface area contributed by atoms with E-state index >= 15 is 0 Å². The number of aryl methyl sites for hydroxylation is 1. The first-order valence-electron chi connectivity index (χ1n) is 6.29. The van der Waals surface area contributed by atoms with E-state index in [1.807, 2.05) is 26.8 Å². The molecule has 0 bridgehead atoms. The number of hydrogen-bond donors (Lipinski definition) is 2. The number of halogens is 1. The molecule has 1 aromatic carbocycles. The molecule has 2 aromatic rings. The minimum atomic E-state index is 0.643. The molecule has 0 amide bonds. The maximum Gasteiger partial charge on any atom is 0.0732 e. The molecule has 0 unspecified atom stereocenters. The Bertz CT molecular complexity index is 579. The van der Waals surface area contributed by atoms with Crippen molar-refractivity contribution in [3.05, 3.63) is 52.8 Å². The fourth-order valence-corrected chi connectivity index (χ4v) is 2.05. The van der Waals surface area contributed by atoms with E-state index in [9.17, 15) is 0 Å². The van der Waals surface area contributed by atoms with Gasteiger partial charge in [0, 0.05) is 23.7 Å². The van der Waals surface area contributed by atoms with E-state index in [-0.39, 0.29) is 0 Å². The van der Waals surface area contributed by atoms with Crippen LogP contribution >= 0.6 is 11.6 Å². The molecule has 1 aromatic heterocycles. The maximum atomic E-state index is 5.94. The molecule has 0 saturated heterocycles. The fraction of sp³-hybridized carbons (Fsp3) is 0.267. The molecule has 102 valence electrons. The second-order valence-corrected chi connectivity index (χ2v) is 4.50. The van der Waals surface area contributed by atoms with Crippen molar-refractivity contribution in [3.8, 4) is 0 Å². The van der Waals surface area contributed by atoms with Crippen LogP contribution < -0.4 is 11.3 Å². The van der Waals surface area contributed by atoms with Crippen LogP contribution in [0.25, 0.3) is 10.9 Å². The number of benzene rings is 1. The number of hydrazine groups is 1. The quantitative estimate of drug-likeness (QED) is 0.664. The molecule has 0 atom stereocenters. The molecule has 3 nitrogen and oxygen atoms in total. The zero-order chi connectivity index (χ0) is 14.4. The van der Waals surface area contributed by atoms with Crippen LogP contribution in [-0.4, -0.2) is 4.98 Å². The highest BCUT2D eigenvalue weighted by atomic mass is 35.5. The summed E-state index contributed by atoms with van der Waals surface area (Å²) in [4.78, 5) is 4.33. The minimum Gasteiger partial charge on any atom is -0.329 e. The summed E-state index contributed by atoms with van der Waals surface area (Å²) >= 11 is 5.94. The van der Waals surface area contributed by atoms with E-state index in [0.29, 0.717) is 11.4 Å². The van der Waals surface area contributed by atoms with E-state index in [1.165, 1.54) is 0 Å². The first-order chi connectivity index (χ1) is 9.10. The second kappa shape index (κ2) is 7.12. The number of nitrogens with one attached hydrogen (secondary N) is 1. The van der Waals surface area contributed by atoms with E-state index in [4.69, 9.17) is 17.4 Å². The van der Waals surface area contributed by atoms with Crippen LogP contribution in [-0.2, 0) is 6.42 Å². The summed E-state index contributed by atoms with van der Waals surface area (Å²) in [5.41, 5.74) is 6.57. The molecule has 0 aliphatic rings. The van der Waals surface area contributed by atoms with Gasteiger partial charge >= 0.3 is 0 Å². The van der Waals surface area contributed by atoms with Gasteiger partial charge in [-0.1, -0.05) is 38.1 Å². The lowest BCUT2D eigenvalue weighted by Crippen LogP contribution is -2.21. The van der Waals surface area contributed by atoms with Crippen LogP contribution in [0.15, 0.2) is 36.7 Å². The van der Waals surface area contributed by atoms with Crippen molar-refractivity contribution in [2.45, 2.75) is 27.2 Å². The molecule has 0 radical (unpaired) electrons. The number of aromatic nitrogens is 1. The molecule has 1 heterocycles. The van der Waals surface area contributed by atoms with Crippen LogP contribution in [0.1, 0.15) is 25.0 Å². The highest BCUT2D eigenvalue weighted by molar-refractivity contribution is 6.31.